The third-order valence-corrected chi connectivity index (χ3v) is 6.79. The Hall–Kier alpha value is -1.26. The molecule has 116 valence electrons. The Kier molecular flexibility index (Phi) is 2.79. The van der Waals surface area contributed by atoms with Crippen molar-refractivity contribution in [3.05, 3.63) is 0 Å². The van der Waals surface area contributed by atoms with Crippen molar-refractivity contribution in [1.82, 2.24) is 10.2 Å². The van der Waals surface area contributed by atoms with Crippen molar-refractivity contribution in [3.63, 3.8) is 0 Å². The lowest BCUT2D eigenvalue weighted by Crippen LogP contribution is -2.63. The molecule has 4 saturated carbocycles. The van der Waals surface area contributed by atoms with E-state index in [2.05, 4.69) is 10.2 Å². The molecule has 21 heavy (non-hydrogen) atoms. The molecule has 0 saturated heterocycles. The minimum Gasteiger partial charge on any atom is -0.351 e. The second-order valence-electron chi connectivity index (χ2n) is 7.87. The molecule has 4 aliphatic rings. The Morgan fingerprint density at radius 1 is 0.905 bits per heavy atom. The van der Waals surface area contributed by atoms with E-state index in [1.54, 1.807) is 0 Å². The Morgan fingerprint density at radius 2 is 1.33 bits per heavy atom. The van der Waals surface area contributed by atoms with Crippen molar-refractivity contribution < 1.29 is 9.59 Å². The summed E-state index contributed by atoms with van der Waals surface area (Å²) in [6.07, 6.45) is 11.6. The first-order valence-corrected chi connectivity index (χ1v) is 8.44. The normalized spacial score (nSPS) is 43.2. The fourth-order valence-electron chi connectivity index (χ4n) is 6.05. The third kappa shape index (κ3) is 1.89. The third-order valence-electron chi connectivity index (χ3n) is 6.79. The highest BCUT2D eigenvalue weighted by Crippen LogP contribution is 2.59. The smallest absolute Gasteiger partial charge is 0.326 e. The van der Waals surface area contributed by atoms with Crippen molar-refractivity contribution in [3.8, 4) is 0 Å². The molecule has 0 aromatic rings. The molecule has 0 spiro atoms. The van der Waals surface area contributed by atoms with Crippen LogP contribution in [0.1, 0.15) is 64.2 Å². The summed E-state index contributed by atoms with van der Waals surface area (Å²) in [5.41, 5.74) is 5.23. The molecule has 0 aliphatic heterocycles. The largest absolute Gasteiger partial charge is 0.351 e. The summed E-state index contributed by atoms with van der Waals surface area (Å²) in [5, 5.41) is 2.38. The number of nitrogens with two attached hydrogens (primary N) is 1. The van der Waals surface area contributed by atoms with Crippen LogP contribution in [0.25, 0.3) is 0 Å². The molecule has 4 amide bonds. The summed E-state index contributed by atoms with van der Waals surface area (Å²) in [6, 6.07) is -0.953. The SMILES string of the molecule is NC(=O)NC(=O)N(C12CCC(CC1)C2)C12CCC(CC1)C2. The van der Waals surface area contributed by atoms with Crippen LogP contribution < -0.4 is 11.1 Å². The maximum absolute atomic E-state index is 12.8. The maximum Gasteiger partial charge on any atom is 0.326 e. The van der Waals surface area contributed by atoms with E-state index in [1.807, 2.05) is 0 Å². The highest BCUT2D eigenvalue weighted by atomic mass is 16.2. The van der Waals surface area contributed by atoms with Gasteiger partial charge in [-0.2, -0.15) is 0 Å². The quantitative estimate of drug-likeness (QED) is 0.820. The Bertz CT molecular complexity index is 444. The summed E-state index contributed by atoms with van der Waals surface area (Å²) in [6.45, 7) is 0. The van der Waals surface area contributed by atoms with E-state index in [1.165, 1.54) is 25.7 Å². The van der Waals surface area contributed by atoms with Gasteiger partial charge in [0, 0.05) is 11.1 Å². The predicted octanol–water partition coefficient (Wildman–Crippen LogP) is 2.74. The fourth-order valence-corrected chi connectivity index (χ4v) is 6.05. The van der Waals surface area contributed by atoms with Gasteiger partial charge >= 0.3 is 12.1 Å². The average molecular weight is 291 g/mol. The maximum atomic E-state index is 12.8. The van der Waals surface area contributed by atoms with Crippen molar-refractivity contribution in [2.24, 2.45) is 17.6 Å². The van der Waals surface area contributed by atoms with Crippen LogP contribution in [0.2, 0.25) is 0 Å². The molecule has 4 bridgehead atoms. The van der Waals surface area contributed by atoms with E-state index >= 15 is 0 Å². The summed E-state index contributed by atoms with van der Waals surface area (Å²) in [5.74, 6) is 1.56. The van der Waals surface area contributed by atoms with E-state index in [-0.39, 0.29) is 17.1 Å². The van der Waals surface area contributed by atoms with Crippen molar-refractivity contribution in [1.29, 1.82) is 0 Å². The topological polar surface area (TPSA) is 75.4 Å². The lowest BCUT2D eigenvalue weighted by molar-refractivity contribution is 0.0248. The number of carbonyl (C=O) groups excluding carboxylic acids is 2. The lowest BCUT2D eigenvalue weighted by Gasteiger charge is -2.50. The van der Waals surface area contributed by atoms with Gasteiger partial charge in [0.2, 0.25) is 0 Å². The molecular formula is C16H25N3O2. The van der Waals surface area contributed by atoms with Crippen LogP contribution in [0.3, 0.4) is 0 Å². The van der Waals surface area contributed by atoms with Gasteiger partial charge in [0.05, 0.1) is 0 Å². The number of fused-ring (bicyclic) bond motifs is 4. The molecule has 0 radical (unpaired) electrons. The summed E-state index contributed by atoms with van der Waals surface area (Å²) < 4.78 is 0. The van der Waals surface area contributed by atoms with Crippen LogP contribution in [0, 0.1) is 11.8 Å². The molecule has 4 rings (SSSR count). The van der Waals surface area contributed by atoms with Crippen molar-refractivity contribution >= 4 is 12.1 Å². The van der Waals surface area contributed by atoms with Crippen LogP contribution >= 0.6 is 0 Å². The van der Waals surface area contributed by atoms with Gasteiger partial charge in [0.15, 0.2) is 0 Å². The molecule has 0 atom stereocenters. The van der Waals surface area contributed by atoms with E-state index in [0.29, 0.717) is 0 Å². The molecule has 3 N–H and O–H groups in total. The first-order valence-electron chi connectivity index (χ1n) is 8.44. The zero-order chi connectivity index (χ0) is 14.7. The second-order valence-corrected chi connectivity index (χ2v) is 7.87. The molecule has 0 unspecified atom stereocenters. The van der Waals surface area contributed by atoms with Crippen LogP contribution in [0.5, 0.6) is 0 Å². The standard InChI is InChI=1S/C16H25N3O2/c17-13(20)18-14(21)19(15-5-1-11(9-15)2-6-15)16-7-3-12(10-16)4-8-16/h11-12H,1-10H2,(H3,17,18,20,21). The molecule has 0 aromatic heterocycles. The zero-order valence-corrected chi connectivity index (χ0v) is 12.6. The molecule has 0 heterocycles. The van der Waals surface area contributed by atoms with Crippen LogP contribution in [0.4, 0.5) is 9.59 Å². The van der Waals surface area contributed by atoms with E-state index in [0.717, 1.165) is 50.4 Å². The number of urea groups is 2. The molecule has 5 nitrogen and oxygen atoms in total. The number of rotatable bonds is 2. The van der Waals surface area contributed by atoms with Gasteiger partial charge in [0.25, 0.3) is 0 Å². The number of hydrogen-bond acceptors (Lipinski definition) is 2. The van der Waals surface area contributed by atoms with Crippen molar-refractivity contribution in [2.75, 3.05) is 0 Å². The summed E-state index contributed by atoms with van der Waals surface area (Å²) >= 11 is 0. The fraction of sp³-hybridized carbons (Fsp3) is 0.875. The van der Waals surface area contributed by atoms with Gasteiger partial charge in [0.1, 0.15) is 0 Å². The first-order chi connectivity index (χ1) is 10.0. The highest BCUT2D eigenvalue weighted by molar-refractivity contribution is 5.93. The van der Waals surface area contributed by atoms with Gasteiger partial charge in [-0.05, 0) is 76.0 Å². The lowest BCUT2D eigenvalue weighted by atomic mass is 9.83. The van der Waals surface area contributed by atoms with Gasteiger partial charge in [-0.15, -0.1) is 0 Å². The number of imide groups is 1. The number of primary amides is 1. The Labute approximate surface area is 125 Å². The molecule has 4 fully saturated rings. The van der Waals surface area contributed by atoms with E-state index < -0.39 is 6.03 Å². The van der Waals surface area contributed by atoms with Gasteiger partial charge in [-0.1, -0.05) is 0 Å². The van der Waals surface area contributed by atoms with Crippen LogP contribution in [0.15, 0.2) is 0 Å². The molecular weight excluding hydrogens is 266 g/mol. The number of nitrogens with one attached hydrogen (secondary N) is 1. The Balaban J connectivity index is 1.69. The van der Waals surface area contributed by atoms with Crippen LogP contribution in [-0.2, 0) is 0 Å². The first kappa shape index (κ1) is 13.4. The Morgan fingerprint density at radius 3 is 1.62 bits per heavy atom. The summed E-state index contributed by atoms with van der Waals surface area (Å²) in [4.78, 5) is 26.2. The van der Waals surface area contributed by atoms with E-state index in [4.69, 9.17) is 5.73 Å². The van der Waals surface area contributed by atoms with Gasteiger partial charge in [-0.25, -0.2) is 9.59 Å². The predicted molar refractivity (Wildman–Crippen MR) is 78.6 cm³/mol. The average Bonchev–Trinajstić information content (AvgIpc) is 3.17. The van der Waals surface area contributed by atoms with Crippen LogP contribution in [-0.4, -0.2) is 28.0 Å². The van der Waals surface area contributed by atoms with Gasteiger partial charge < -0.3 is 10.6 Å². The number of carbonyl (C=O) groups is 2. The monoisotopic (exact) mass is 291 g/mol. The van der Waals surface area contributed by atoms with Crippen molar-refractivity contribution in [2.45, 2.75) is 75.3 Å². The van der Waals surface area contributed by atoms with Gasteiger partial charge in [-0.3, -0.25) is 5.32 Å². The second kappa shape index (κ2) is 4.37. The number of amides is 4. The van der Waals surface area contributed by atoms with E-state index in [9.17, 15) is 9.59 Å². The number of nitrogens with zero attached hydrogens (tertiary/aromatic N) is 1. The number of hydrogen-bond donors (Lipinski definition) is 2. The summed E-state index contributed by atoms with van der Waals surface area (Å²) in [7, 11) is 0. The minimum atomic E-state index is -0.724. The zero-order valence-electron chi connectivity index (χ0n) is 12.6. The molecule has 5 heteroatoms. The molecule has 4 aliphatic carbocycles. The minimum absolute atomic E-state index is 0.00340. The molecule has 0 aromatic carbocycles. The highest BCUT2D eigenvalue weighted by Gasteiger charge is 2.60.